The van der Waals surface area contributed by atoms with Crippen molar-refractivity contribution >= 4 is 28.5 Å². The van der Waals surface area contributed by atoms with Gasteiger partial charge in [0, 0.05) is 11.1 Å². The van der Waals surface area contributed by atoms with Crippen LogP contribution in [-0.2, 0) is 6.18 Å². The first-order valence-electron chi connectivity index (χ1n) is 11.2. The maximum atomic E-state index is 13.9. The van der Waals surface area contributed by atoms with Crippen molar-refractivity contribution in [2.75, 3.05) is 0 Å². The molecule has 0 atom stereocenters. The van der Waals surface area contributed by atoms with Crippen LogP contribution in [0.15, 0.2) is 51.7 Å². The second-order valence-corrected chi connectivity index (χ2v) is 9.26. The molecule has 3 aromatic carbocycles. The molecule has 0 fully saturated rings. The van der Waals surface area contributed by atoms with Crippen molar-refractivity contribution in [3.05, 3.63) is 96.9 Å². The van der Waals surface area contributed by atoms with Gasteiger partial charge in [-0.3, -0.25) is 4.79 Å². The lowest BCUT2D eigenvalue weighted by molar-refractivity contribution is -0.154. The summed E-state index contributed by atoms with van der Waals surface area (Å²) in [7, 11) is 0. The van der Waals surface area contributed by atoms with Crippen molar-refractivity contribution in [1.82, 2.24) is 0 Å². The Morgan fingerprint density at radius 3 is 2.03 bits per heavy atom. The second kappa shape index (κ2) is 9.59. The molecule has 0 saturated heterocycles. The molecule has 0 bridgehead atoms. The fourth-order valence-electron chi connectivity index (χ4n) is 4.24. The zero-order valence-electron chi connectivity index (χ0n) is 20.6. The maximum Gasteiger partial charge on any atom is 0.453 e. The Bertz CT molecular complexity index is 1570. The lowest BCUT2D eigenvalue weighted by atomic mass is 10.00. The van der Waals surface area contributed by atoms with Crippen LogP contribution in [0.2, 0.25) is 5.02 Å². The molecule has 0 aliphatic carbocycles. The van der Waals surface area contributed by atoms with E-state index in [0.29, 0.717) is 32.8 Å². The molecular weight excluding hydrogens is 509 g/mol. The number of aryl methyl sites for hydroxylation is 5. The number of carbonyl (C=O) groups excluding carboxylic acids is 1. The van der Waals surface area contributed by atoms with E-state index < -0.39 is 34.7 Å². The predicted octanol–water partition coefficient (Wildman–Crippen LogP) is 8.02. The number of alkyl halides is 3. The third-order valence-electron chi connectivity index (χ3n) is 5.80. The predicted molar refractivity (Wildman–Crippen MR) is 134 cm³/mol. The summed E-state index contributed by atoms with van der Waals surface area (Å²) in [5.74, 6) is -3.36. The van der Waals surface area contributed by atoms with Gasteiger partial charge in [0.05, 0.1) is 10.9 Å². The Hall–Kier alpha value is -3.78. The van der Waals surface area contributed by atoms with Crippen molar-refractivity contribution in [2.24, 2.45) is 0 Å². The lowest BCUT2D eigenvalue weighted by Gasteiger charge is -2.15. The Balaban J connectivity index is 1.78. The fraction of sp³-hybridized carbons (Fsp3) is 0.214. The molecule has 0 saturated carbocycles. The largest absolute Gasteiger partial charge is 0.453 e. The molecule has 5 nitrogen and oxygen atoms in total. The monoisotopic (exact) mass is 530 g/mol. The van der Waals surface area contributed by atoms with Gasteiger partial charge in [0.1, 0.15) is 17.1 Å². The van der Waals surface area contributed by atoms with E-state index >= 15 is 0 Å². The minimum Gasteiger partial charge on any atom is -0.449 e. The lowest BCUT2D eigenvalue weighted by Crippen LogP contribution is -2.16. The van der Waals surface area contributed by atoms with E-state index in [4.69, 9.17) is 25.5 Å². The van der Waals surface area contributed by atoms with E-state index in [9.17, 15) is 22.8 Å². The summed E-state index contributed by atoms with van der Waals surface area (Å²) in [4.78, 5) is 25.9. The average molecular weight is 531 g/mol. The molecule has 0 N–H and O–H groups in total. The highest BCUT2D eigenvalue weighted by atomic mass is 35.5. The summed E-state index contributed by atoms with van der Waals surface area (Å²) in [6, 6.07) is 10.1. The van der Waals surface area contributed by atoms with Crippen molar-refractivity contribution in [2.45, 2.75) is 40.8 Å². The van der Waals surface area contributed by atoms with Gasteiger partial charge in [0.2, 0.25) is 11.2 Å². The van der Waals surface area contributed by atoms with Gasteiger partial charge in [0.25, 0.3) is 5.76 Å². The van der Waals surface area contributed by atoms with E-state index in [1.54, 1.807) is 27.7 Å². The van der Waals surface area contributed by atoms with Crippen molar-refractivity contribution in [3.63, 3.8) is 0 Å². The standard InChI is InChI=1S/C28H22ClF3O5/c1-13-8-14(2)22(15(3)9-13)27(34)36-18-6-7-20-21(12-18)37-26(28(30,31)32)25(24(20)33)35-19-10-16(4)23(29)17(5)11-19/h6-12H,1-5H3. The summed E-state index contributed by atoms with van der Waals surface area (Å²) >= 11 is 6.13. The van der Waals surface area contributed by atoms with E-state index in [-0.39, 0.29) is 16.9 Å². The fourth-order valence-corrected chi connectivity index (χ4v) is 4.35. The molecule has 37 heavy (non-hydrogen) atoms. The molecule has 1 heterocycles. The maximum absolute atomic E-state index is 13.9. The number of fused-ring (bicyclic) bond motifs is 1. The Kier molecular flexibility index (Phi) is 6.81. The van der Waals surface area contributed by atoms with Crippen LogP contribution < -0.4 is 14.9 Å². The smallest absolute Gasteiger partial charge is 0.449 e. The summed E-state index contributed by atoms with van der Waals surface area (Å²) in [5, 5.41) is 0.264. The van der Waals surface area contributed by atoms with Crippen LogP contribution in [0.5, 0.6) is 17.2 Å². The number of rotatable bonds is 4. The average Bonchev–Trinajstić information content (AvgIpc) is 2.77. The number of hydrogen-bond acceptors (Lipinski definition) is 5. The van der Waals surface area contributed by atoms with Crippen LogP contribution in [0.3, 0.4) is 0 Å². The molecule has 0 radical (unpaired) electrons. The van der Waals surface area contributed by atoms with Crippen LogP contribution in [0, 0.1) is 34.6 Å². The first-order valence-corrected chi connectivity index (χ1v) is 11.6. The van der Waals surface area contributed by atoms with Gasteiger partial charge in [-0.05, 0) is 81.1 Å². The molecule has 0 amide bonds. The van der Waals surface area contributed by atoms with Crippen LogP contribution in [-0.4, -0.2) is 5.97 Å². The zero-order chi connectivity index (χ0) is 27.2. The highest BCUT2D eigenvalue weighted by Gasteiger charge is 2.40. The second-order valence-electron chi connectivity index (χ2n) is 8.88. The number of halogens is 4. The van der Waals surface area contributed by atoms with Crippen LogP contribution in [0.1, 0.15) is 43.9 Å². The number of hydrogen-bond donors (Lipinski definition) is 0. The van der Waals surface area contributed by atoms with Crippen molar-refractivity contribution in [1.29, 1.82) is 0 Å². The summed E-state index contributed by atoms with van der Waals surface area (Å²) < 4.78 is 57.7. The number of benzene rings is 3. The molecule has 1 aromatic heterocycles. The molecule has 0 aliphatic heterocycles. The molecular formula is C28H22ClF3O5. The first kappa shape index (κ1) is 26.3. The molecule has 4 aromatic rings. The van der Waals surface area contributed by atoms with Gasteiger partial charge in [-0.15, -0.1) is 0 Å². The number of esters is 1. The van der Waals surface area contributed by atoms with E-state index in [1.165, 1.54) is 24.3 Å². The molecule has 0 spiro atoms. The SMILES string of the molecule is Cc1cc(C)c(C(=O)Oc2ccc3c(=O)c(Oc4cc(C)c(Cl)c(C)c4)c(C(F)(F)F)oc3c2)c(C)c1. The van der Waals surface area contributed by atoms with E-state index in [1.807, 2.05) is 19.1 Å². The molecule has 4 rings (SSSR count). The molecule has 192 valence electrons. The van der Waals surface area contributed by atoms with Gasteiger partial charge < -0.3 is 13.9 Å². The third kappa shape index (κ3) is 5.20. The highest BCUT2D eigenvalue weighted by molar-refractivity contribution is 6.32. The minimum absolute atomic E-state index is 0.00550. The minimum atomic E-state index is -5.04. The topological polar surface area (TPSA) is 65.7 Å². The van der Waals surface area contributed by atoms with E-state index in [2.05, 4.69) is 0 Å². The van der Waals surface area contributed by atoms with Gasteiger partial charge in [-0.1, -0.05) is 29.3 Å². The van der Waals surface area contributed by atoms with Gasteiger partial charge in [-0.2, -0.15) is 13.2 Å². The number of ether oxygens (including phenoxy) is 2. The van der Waals surface area contributed by atoms with Gasteiger partial charge >= 0.3 is 12.1 Å². The Morgan fingerprint density at radius 2 is 1.46 bits per heavy atom. The first-order chi connectivity index (χ1) is 17.3. The van der Waals surface area contributed by atoms with Crippen LogP contribution in [0.25, 0.3) is 11.0 Å². The van der Waals surface area contributed by atoms with Gasteiger partial charge in [0.15, 0.2) is 0 Å². The van der Waals surface area contributed by atoms with Gasteiger partial charge in [-0.25, -0.2) is 4.79 Å². The summed E-state index contributed by atoms with van der Waals surface area (Å²) in [6.07, 6.45) is -5.04. The number of carbonyl (C=O) groups is 1. The van der Waals surface area contributed by atoms with E-state index in [0.717, 1.165) is 11.6 Å². The van der Waals surface area contributed by atoms with Crippen LogP contribution >= 0.6 is 11.6 Å². The molecule has 0 aliphatic rings. The third-order valence-corrected chi connectivity index (χ3v) is 6.40. The van der Waals surface area contributed by atoms with Crippen molar-refractivity contribution in [3.8, 4) is 17.2 Å². The normalized spacial score (nSPS) is 11.6. The molecule has 0 unspecified atom stereocenters. The molecule has 9 heteroatoms. The quantitative estimate of drug-likeness (QED) is 0.197. The Labute approximate surface area is 215 Å². The highest BCUT2D eigenvalue weighted by Crippen LogP contribution is 2.39. The zero-order valence-corrected chi connectivity index (χ0v) is 21.4. The van der Waals surface area contributed by atoms with Crippen molar-refractivity contribution < 1.29 is 31.9 Å². The summed E-state index contributed by atoms with van der Waals surface area (Å²) in [6.45, 7) is 8.75. The summed E-state index contributed by atoms with van der Waals surface area (Å²) in [5.41, 5.74) is 2.42. The Morgan fingerprint density at radius 1 is 0.865 bits per heavy atom. The van der Waals surface area contributed by atoms with Crippen LogP contribution in [0.4, 0.5) is 13.2 Å².